The van der Waals surface area contributed by atoms with Gasteiger partial charge in [-0.1, -0.05) is 18.2 Å². The fourth-order valence-electron chi connectivity index (χ4n) is 3.29. The summed E-state index contributed by atoms with van der Waals surface area (Å²) in [5, 5.41) is 0. The number of nitrogens with zero attached hydrogens (tertiary/aromatic N) is 3. The van der Waals surface area contributed by atoms with Crippen LogP contribution in [0.25, 0.3) is 0 Å². The van der Waals surface area contributed by atoms with E-state index in [0.717, 1.165) is 11.6 Å². The van der Waals surface area contributed by atoms with Crippen LogP contribution in [-0.4, -0.2) is 48.7 Å². The molecule has 0 unspecified atom stereocenters. The first-order valence-corrected chi connectivity index (χ1v) is 10.2. The molecule has 1 aliphatic rings. The molecule has 1 saturated heterocycles. The van der Waals surface area contributed by atoms with Gasteiger partial charge in [0, 0.05) is 45.0 Å². The average Bonchev–Trinajstić information content (AvgIpc) is 2.68. The van der Waals surface area contributed by atoms with Crippen molar-refractivity contribution in [3.05, 3.63) is 60.2 Å². The molecule has 144 valence electrons. The summed E-state index contributed by atoms with van der Waals surface area (Å²) in [5.74, 6) is -1.01. The van der Waals surface area contributed by atoms with E-state index in [9.17, 15) is 17.6 Å². The number of benzene rings is 1. The molecular formula is C19H22FN3O3S. The van der Waals surface area contributed by atoms with Crippen molar-refractivity contribution in [1.82, 2.24) is 14.2 Å². The van der Waals surface area contributed by atoms with Crippen LogP contribution in [0.2, 0.25) is 0 Å². The second-order valence-corrected chi connectivity index (χ2v) is 8.57. The van der Waals surface area contributed by atoms with Gasteiger partial charge < -0.3 is 4.90 Å². The molecule has 1 aromatic carbocycles. The molecule has 1 aliphatic heterocycles. The van der Waals surface area contributed by atoms with Crippen LogP contribution in [0.3, 0.4) is 0 Å². The maximum Gasteiger partial charge on any atom is 0.245 e. The molecule has 2 aromatic rings. The molecule has 1 amide bonds. The van der Waals surface area contributed by atoms with Crippen molar-refractivity contribution >= 4 is 15.9 Å². The van der Waals surface area contributed by atoms with Gasteiger partial charge in [0.15, 0.2) is 0 Å². The van der Waals surface area contributed by atoms with E-state index in [1.165, 1.54) is 22.5 Å². The number of carbonyl (C=O) groups is 1. The lowest BCUT2D eigenvalue weighted by molar-refractivity contribution is -0.135. The summed E-state index contributed by atoms with van der Waals surface area (Å²) in [6, 6.07) is 9.08. The summed E-state index contributed by atoms with van der Waals surface area (Å²) < 4.78 is 40.4. The molecule has 0 N–H and O–H groups in total. The summed E-state index contributed by atoms with van der Waals surface area (Å²) in [6.45, 7) is 0.863. The van der Waals surface area contributed by atoms with E-state index in [-0.39, 0.29) is 29.8 Å². The van der Waals surface area contributed by atoms with Crippen LogP contribution in [0.15, 0.2) is 53.7 Å². The molecule has 0 atom stereocenters. The standard InChI is InChI=1S/C19H22FN3O3S/c1-22(14-15-5-4-10-21-13-15)19(24)16-8-11-23(12-9-16)27(25,26)18-7-3-2-6-17(18)20/h2-7,10,13,16H,8-9,11-12,14H2,1H3. The van der Waals surface area contributed by atoms with Crippen LogP contribution in [0, 0.1) is 11.7 Å². The summed E-state index contributed by atoms with van der Waals surface area (Å²) in [6.07, 6.45) is 4.23. The third kappa shape index (κ3) is 4.33. The molecule has 0 radical (unpaired) electrons. The van der Waals surface area contributed by atoms with Crippen molar-refractivity contribution < 1.29 is 17.6 Å². The van der Waals surface area contributed by atoms with Crippen molar-refractivity contribution in [2.75, 3.05) is 20.1 Å². The molecule has 0 saturated carbocycles. The molecule has 2 heterocycles. The van der Waals surface area contributed by atoms with Crippen LogP contribution in [0.5, 0.6) is 0 Å². The largest absolute Gasteiger partial charge is 0.341 e. The molecule has 0 aliphatic carbocycles. The zero-order valence-corrected chi connectivity index (χ0v) is 15.9. The van der Waals surface area contributed by atoms with Gasteiger partial charge in [-0.15, -0.1) is 0 Å². The Hall–Kier alpha value is -2.32. The first-order chi connectivity index (χ1) is 12.9. The second-order valence-electron chi connectivity index (χ2n) is 6.66. The Bertz CT molecular complexity index is 897. The number of hydrogen-bond donors (Lipinski definition) is 0. The minimum Gasteiger partial charge on any atom is -0.341 e. The van der Waals surface area contributed by atoms with E-state index in [0.29, 0.717) is 19.4 Å². The SMILES string of the molecule is CN(Cc1cccnc1)C(=O)C1CCN(S(=O)(=O)c2ccccc2F)CC1. The van der Waals surface area contributed by atoms with Crippen molar-refractivity contribution in [3.63, 3.8) is 0 Å². The molecule has 1 fully saturated rings. The predicted molar refractivity (Wildman–Crippen MR) is 98.6 cm³/mol. The van der Waals surface area contributed by atoms with Gasteiger partial charge in [-0.25, -0.2) is 12.8 Å². The molecule has 27 heavy (non-hydrogen) atoms. The summed E-state index contributed by atoms with van der Waals surface area (Å²) >= 11 is 0. The Morgan fingerprint density at radius 1 is 1.22 bits per heavy atom. The summed E-state index contributed by atoms with van der Waals surface area (Å²) in [4.78, 5) is 18.0. The van der Waals surface area contributed by atoms with E-state index < -0.39 is 15.8 Å². The van der Waals surface area contributed by atoms with Crippen LogP contribution in [-0.2, 0) is 21.4 Å². The highest BCUT2D eigenvalue weighted by atomic mass is 32.2. The van der Waals surface area contributed by atoms with Crippen molar-refractivity contribution in [3.8, 4) is 0 Å². The van der Waals surface area contributed by atoms with Crippen molar-refractivity contribution in [2.24, 2.45) is 5.92 Å². The van der Waals surface area contributed by atoms with Gasteiger partial charge in [0.1, 0.15) is 10.7 Å². The molecule has 1 aromatic heterocycles. The van der Waals surface area contributed by atoms with Gasteiger partial charge in [0.25, 0.3) is 0 Å². The number of sulfonamides is 1. The number of halogens is 1. The van der Waals surface area contributed by atoms with Crippen LogP contribution in [0.4, 0.5) is 4.39 Å². The Balaban J connectivity index is 1.61. The first-order valence-electron chi connectivity index (χ1n) is 8.78. The molecule has 0 bridgehead atoms. The maximum absolute atomic E-state index is 13.9. The molecule has 6 nitrogen and oxygen atoms in total. The topological polar surface area (TPSA) is 70.6 Å². The third-order valence-corrected chi connectivity index (χ3v) is 6.71. The quantitative estimate of drug-likeness (QED) is 0.784. The van der Waals surface area contributed by atoms with E-state index >= 15 is 0 Å². The van der Waals surface area contributed by atoms with E-state index in [1.807, 2.05) is 12.1 Å². The van der Waals surface area contributed by atoms with E-state index in [2.05, 4.69) is 4.98 Å². The number of carbonyl (C=O) groups excluding carboxylic acids is 1. The lowest BCUT2D eigenvalue weighted by atomic mass is 9.96. The van der Waals surface area contributed by atoms with Crippen LogP contribution < -0.4 is 0 Å². The zero-order chi connectivity index (χ0) is 19.4. The maximum atomic E-state index is 13.9. The Kier molecular flexibility index (Phi) is 5.86. The minimum absolute atomic E-state index is 0.0122. The van der Waals surface area contributed by atoms with Gasteiger partial charge in [-0.05, 0) is 36.6 Å². The fraction of sp³-hybridized carbons (Fsp3) is 0.368. The number of aromatic nitrogens is 1. The number of piperidine rings is 1. The summed E-state index contributed by atoms with van der Waals surface area (Å²) in [5.41, 5.74) is 0.938. The highest BCUT2D eigenvalue weighted by Gasteiger charge is 2.34. The second kappa shape index (κ2) is 8.14. The van der Waals surface area contributed by atoms with Gasteiger partial charge >= 0.3 is 0 Å². The van der Waals surface area contributed by atoms with Gasteiger partial charge in [-0.3, -0.25) is 9.78 Å². The smallest absolute Gasteiger partial charge is 0.245 e. The highest BCUT2D eigenvalue weighted by molar-refractivity contribution is 7.89. The average molecular weight is 391 g/mol. The Morgan fingerprint density at radius 3 is 2.56 bits per heavy atom. The monoisotopic (exact) mass is 391 g/mol. The Morgan fingerprint density at radius 2 is 1.93 bits per heavy atom. The number of rotatable bonds is 5. The van der Waals surface area contributed by atoms with Crippen LogP contribution >= 0.6 is 0 Å². The molecule has 0 spiro atoms. The normalized spacial score (nSPS) is 16.2. The fourth-order valence-corrected chi connectivity index (χ4v) is 4.83. The van der Waals surface area contributed by atoms with Gasteiger partial charge in [0.2, 0.25) is 15.9 Å². The van der Waals surface area contributed by atoms with Gasteiger partial charge in [-0.2, -0.15) is 4.31 Å². The molecule has 8 heteroatoms. The lowest BCUT2D eigenvalue weighted by Crippen LogP contribution is -2.43. The first kappa shape index (κ1) is 19.4. The highest BCUT2D eigenvalue weighted by Crippen LogP contribution is 2.26. The minimum atomic E-state index is -3.89. The summed E-state index contributed by atoms with van der Waals surface area (Å²) in [7, 11) is -2.15. The predicted octanol–water partition coefficient (Wildman–Crippen LogP) is 2.28. The number of amides is 1. The Labute approximate surface area is 158 Å². The van der Waals surface area contributed by atoms with Crippen molar-refractivity contribution in [1.29, 1.82) is 0 Å². The molecular weight excluding hydrogens is 369 g/mol. The van der Waals surface area contributed by atoms with E-state index in [4.69, 9.17) is 0 Å². The van der Waals surface area contributed by atoms with Crippen molar-refractivity contribution in [2.45, 2.75) is 24.3 Å². The zero-order valence-electron chi connectivity index (χ0n) is 15.1. The number of pyridine rings is 1. The third-order valence-electron chi connectivity index (χ3n) is 4.78. The van der Waals surface area contributed by atoms with Gasteiger partial charge in [0.05, 0.1) is 0 Å². The van der Waals surface area contributed by atoms with Crippen LogP contribution in [0.1, 0.15) is 18.4 Å². The lowest BCUT2D eigenvalue weighted by Gasteiger charge is -2.32. The number of hydrogen-bond acceptors (Lipinski definition) is 4. The molecule has 3 rings (SSSR count). The van der Waals surface area contributed by atoms with E-state index in [1.54, 1.807) is 24.3 Å².